The molecule has 1 saturated heterocycles. The summed E-state index contributed by atoms with van der Waals surface area (Å²) in [5.74, 6) is 1.58. The zero-order valence-corrected chi connectivity index (χ0v) is 17.7. The molecular weight excluding hydrogens is 406 g/mol. The molecule has 0 atom stereocenters. The monoisotopic (exact) mass is 431 g/mol. The molecule has 1 aliphatic rings. The third-order valence-corrected chi connectivity index (χ3v) is 5.65. The minimum Gasteiger partial charge on any atom is -0.461 e. The average molecular weight is 432 g/mol. The molecule has 9 heteroatoms. The SMILES string of the molecule is Nc1nc(-c2ccccc2CNCCCN2CCCC2=O)cc2nc(-c3ccco3)nn12. The predicted molar refractivity (Wildman–Crippen MR) is 120 cm³/mol. The number of rotatable bonds is 8. The van der Waals surface area contributed by atoms with Crippen LogP contribution in [0.25, 0.3) is 28.5 Å². The van der Waals surface area contributed by atoms with E-state index < -0.39 is 0 Å². The van der Waals surface area contributed by atoms with Crippen LogP contribution in [0, 0.1) is 0 Å². The Morgan fingerprint density at radius 3 is 2.88 bits per heavy atom. The van der Waals surface area contributed by atoms with Gasteiger partial charge in [0.25, 0.3) is 0 Å². The Kier molecular flexibility index (Phi) is 5.55. The van der Waals surface area contributed by atoms with E-state index >= 15 is 0 Å². The van der Waals surface area contributed by atoms with E-state index in [1.807, 2.05) is 29.2 Å². The molecule has 3 aromatic heterocycles. The van der Waals surface area contributed by atoms with Crippen molar-refractivity contribution in [3.8, 4) is 22.8 Å². The molecule has 1 aliphatic heterocycles. The van der Waals surface area contributed by atoms with Crippen LogP contribution in [0.1, 0.15) is 24.8 Å². The van der Waals surface area contributed by atoms with E-state index in [9.17, 15) is 4.79 Å². The van der Waals surface area contributed by atoms with Crippen molar-refractivity contribution in [3.05, 3.63) is 54.3 Å². The summed E-state index contributed by atoms with van der Waals surface area (Å²) in [7, 11) is 0. The van der Waals surface area contributed by atoms with Crippen LogP contribution in [0.5, 0.6) is 0 Å². The van der Waals surface area contributed by atoms with Crippen LogP contribution < -0.4 is 11.1 Å². The van der Waals surface area contributed by atoms with Crippen LogP contribution >= 0.6 is 0 Å². The van der Waals surface area contributed by atoms with Crippen molar-refractivity contribution in [2.24, 2.45) is 0 Å². The molecule has 32 heavy (non-hydrogen) atoms. The summed E-state index contributed by atoms with van der Waals surface area (Å²) in [5.41, 5.74) is 9.65. The quantitative estimate of drug-likeness (QED) is 0.412. The Labute approximate surface area is 185 Å². The first-order chi connectivity index (χ1) is 15.7. The van der Waals surface area contributed by atoms with Gasteiger partial charge in [0.15, 0.2) is 11.4 Å². The van der Waals surface area contributed by atoms with Gasteiger partial charge in [0.2, 0.25) is 17.7 Å². The van der Waals surface area contributed by atoms with Gasteiger partial charge in [-0.3, -0.25) is 4.79 Å². The van der Waals surface area contributed by atoms with Crippen molar-refractivity contribution in [2.75, 3.05) is 25.4 Å². The lowest BCUT2D eigenvalue weighted by Gasteiger charge is -2.15. The van der Waals surface area contributed by atoms with E-state index in [1.54, 1.807) is 18.4 Å². The van der Waals surface area contributed by atoms with Gasteiger partial charge in [0.05, 0.1) is 12.0 Å². The predicted octanol–water partition coefficient (Wildman–Crippen LogP) is 2.74. The van der Waals surface area contributed by atoms with Gasteiger partial charge in [-0.25, -0.2) is 9.97 Å². The second kappa shape index (κ2) is 8.80. The molecule has 4 heterocycles. The van der Waals surface area contributed by atoms with Crippen LogP contribution in [-0.4, -0.2) is 50.0 Å². The van der Waals surface area contributed by atoms with Gasteiger partial charge in [-0.2, -0.15) is 4.52 Å². The number of benzene rings is 1. The summed E-state index contributed by atoms with van der Waals surface area (Å²) in [6, 6.07) is 13.6. The number of carbonyl (C=O) groups excluding carboxylic acids is 1. The lowest BCUT2D eigenvalue weighted by atomic mass is 10.0. The number of nitrogens with one attached hydrogen (secondary N) is 1. The maximum atomic E-state index is 11.7. The van der Waals surface area contributed by atoms with E-state index in [4.69, 9.17) is 10.2 Å². The first kappa shape index (κ1) is 20.2. The van der Waals surface area contributed by atoms with Crippen molar-refractivity contribution < 1.29 is 9.21 Å². The minimum atomic E-state index is 0.265. The molecule has 1 amide bonds. The highest BCUT2D eigenvalue weighted by atomic mass is 16.3. The smallest absolute Gasteiger partial charge is 0.223 e. The molecule has 0 saturated carbocycles. The van der Waals surface area contributed by atoms with Gasteiger partial charge in [-0.15, -0.1) is 5.10 Å². The molecule has 4 aromatic rings. The highest BCUT2D eigenvalue weighted by Gasteiger charge is 2.19. The molecule has 0 radical (unpaired) electrons. The molecule has 0 unspecified atom stereocenters. The zero-order valence-electron chi connectivity index (χ0n) is 17.7. The normalized spacial score (nSPS) is 14.0. The van der Waals surface area contributed by atoms with Gasteiger partial charge < -0.3 is 20.4 Å². The number of furan rings is 1. The molecule has 5 rings (SSSR count). The fourth-order valence-electron chi connectivity index (χ4n) is 4.04. The number of amides is 1. The largest absolute Gasteiger partial charge is 0.461 e. The fourth-order valence-corrected chi connectivity index (χ4v) is 4.04. The Morgan fingerprint density at radius 1 is 1.16 bits per heavy atom. The average Bonchev–Trinajstić information content (AvgIpc) is 3.55. The zero-order chi connectivity index (χ0) is 21.9. The third kappa shape index (κ3) is 4.06. The Balaban J connectivity index is 1.31. The number of likely N-dealkylation sites (tertiary alicyclic amines) is 1. The number of nitrogen functional groups attached to an aromatic ring is 1. The van der Waals surface area contributed by atoms with Crippen molar-refractivity contribution in [1.29, 1.82) is 0 Å². The molecule has 3 N–H and O–H groups in total. The second-order valence-electron chi connectivity index (χ2n) is 7.85. The Bertz CT molecular complexity index is 1230. The van der Waals surface area contributed by atoms with Gasteiger partial charge in [-0.1, -0.05) is 24.3 Å². The molecule has 0 spiro atoms. The van der Waals surface area contributed by atoms with Gasteiger partial charge >= 0.3 is 0 Å². The number of carbonyl (C=O) groups is 1. The van der Waals surface area contributed by atoms with Crippen LogP contribution in [-0.2, 0) is 11.3 Å². The van der Waals surface area contributed by atoms with Gasteiger partial charge in [-0.05, 0) is 37.1 Å². The van der Waals surface area contributed by atoms with Crippen molar-refractivity contribution in [3.63, 3.8) is 0 Å². The molecule has 1 aromatic carbocycles. The maximum absolute atomic E-state index is 11.7. The summed E-state index contributed by atoms with van der Waals surface area (Å²) in [4.78, 5) is 22.8. The molecule has 0 bridgehead atoms. The van der Waals surface area contributed by atoms with E-state index in [0.717, 1.165) is 49.3 Å². The van der Waals surface area contributed by atoms with Crippen LogP contribution in [0.3, 0.4) is 0 Å². The summed E-state index contributed by atoms with van der Waals surface area (Å²) in [5, 5.41) is 7.89. The molecule has 9 nitrogen and oxygen atoms in total. The lowest BCUT2D eigenvalue weighted by molar-refractivity contribution is -0.127. The maximum Gasteiger partial charge on any atom is 0.223 e. The fraction of sp³-hybridized carbons (Fsp3) is 0.304. The third-order valence-electron chi connectivity index (χ3n) is 5.65. The number of hydrogen-bond donors (Lipinski definition) is 2. The second-order valence-corrected chi connectivity index (χ2v) is 7.85. The number of anilines is 1. The molecule has 1 fully saturated rings. The first-order valence-corrected chi connectivity index (χ1v) is 10.8. The number of nitrogens with zero attached hydrogens (tertiary/aromatic N) is 5. The number of hydrogen-bond acceptors (Lipinski definition) is 7. The minimum absolute atomic E-state index is 0.265. The van der Waals surface area contributed by atoms with Crippen molar-refractivity contribution in [1.82, 2.24) is 29.8 Å². The highest BCUT2D eigenvalue weighted by molar-refractivity contribution is 5.78. The van der Waals surface area contributed by atoms with Crippen molar-refractivity contribution >= 4 is 17.5 Å². The first-order valence-electron chi connectivity index (χ1n) is 10.8. The topological polar surface area (TPSA) is 115 Å². The Morgan fingerprint density at radius 2 is 2.06 bits per heavy atom. The van der Waals surface area contributed by atoms with E-state index in [0.29, 0.717) is 30.2 Å². The van der Waals surface area contributed by atoms with Crippen molar-refractivity contribution in [2.45, 2.75) is 25.8 Å². The van der Waals surface area contributed by atoms with Gasteiger partial charge in [0, 0.05) is 37.7 Å². The van der Waals surface area contributed by atoms with Crippen LogP contribution in [0.15, 0.2) is 53.1 Å². The summed E-state index contributed by atoms with van der Waals surface area (Å²) >= 11 is 0. The highest BCUT2D eigenvalue weighted by Crippen LogP contribution is 2.25. The van der Waals surface area contributed by atoms with E-state index in [-0.39, 0.29) is 11.9 Å². The lowest BCUT2D eigenvalue weighted by Crippen LogP contribution is -2.28. The number of nitrogens with two attached hydrogens (primary N) is 1. The standard InChI is InChI=1S/C23H25N7O2/c24-23-26-18(14-20-27-22(28-30(20)23)19-8-4-13-32-19)17-7-2-1-6-16(17)15-25-10-5-12-29-11-3-9-21(29)31/h1-2,4,6-8,13-14,25H,3,5,9-12,15H2,(H2,24,26). The van der Waals surface area contributed by atoms with E-state index in [1.165, 1.54) is 4.52 Å². The van der Waals surface area contributed by atoms with E-state index in [2.05, 4.69) is 26.4 Å². The van der Waals surface area contributed by atoms with Crippen LogP contribution in [0.4, 0.5) is 5.95 Å². The molecule has 164 valence electrons. The summed E-state index contributed by atoms with van der Waals surface area (Å²) in [6.07, 6.45) is 4.19. The Hall–Kier alpha value is -3.72. The number of aromatic nitrogens is 4. The molecular formula is C23H25N7O2. The number of fused-ring (bicyclic) bond motifs is 1. The van der Waals surface area contributed by atoms with Crippen LogP contribution in [0.2, 0.25) is 0 Å². The molecule has 0 aliphatic carbocycles. The summed E-state index contributed by atoms with van der Waals surface area (Å²) < 4.78 is 6.91. The van der Waals surface area contributed by atoms with Gasteiger partial charge in [0.1, 0.15) is 0 Å². The summed E-state index contributed by atoms with van der Waals surface area (Å²) in [6.45, 7) is 3.24.